The van der Waals surface area contributed by atoms with Crippen LogP contribution < -0.4 is 9.62 Å². The van der Waals surface area contributed by atoms with Gasteiger partial charge in [-0.15, -0.1) is 0 Å². The van der Waals surface area contributed by atoms with E-state index in [1.54, 1.807) is 6.92 Å². The topological polar surface area (TPSA) is 86.8 Å². The van der Waals surface area contributed by atoms with Gasteiger partial charge in [0.05, 0.1) is 11.9 Å². The maximum absolute atomic E-state index is 14.4. The Kier molecular flexibility index (Phi) is 8.82. The van der Waals surface area contributed by atoms with Gasteiger partial charge in [-0.2, -0.15) is 0 Å². The predicted octanol–water partition coefficient (Wildman–Crippen LogP) is 3.60. The third kappa shape index (κ3) is 7.24. The van der Waals surface area contributed by atoms with E-state index in [-0.39, 0.29) is 24.2 Å². The molecule has 1 N–H and O–H groups in total. The van der Waals surface area contributed by atoms with Gasteiger partial charge in [0.2, 0.25) is 21.8 Å². The molecule has 190 valence electrons. The molecule has 7 nitrogen and oxygen atoms in total. The van der Waals surface area contributed by atoms with Crippen molar-refractivity contribution in [2.24, 2.45) is 0 Å². The third-order valence-corrected chi connectivity index (χ3v) is 7.31. The number of sulfonamides is 1. The quantitative estimate of drug-likeness (QED) is 0.562. The fourth-order valence-electron chi connectivity index (χ4n) is 4.19. The highest BCUT2D eigenvalue weighted by Gasteiger charge is 2.31. The van der Waals surface area contributed by atoms with E-state index in [9.17, 15) is 26.8 Å². The molecule has 0 saturated heterocycles. The number of halogens is 2. The first-order chi connectivity index (χ1) is 16.6. The lowest BCUT2D eigenvalue weighted by Crippen LogP contribution is -2.53. The van der Waals surface area contributed by atoms with Gasteiger partial charge in [-0.3, -0.25) is 13.9 Å². The summed E-state index contributed by atoms with van der Waals surface area (Å²) < 4.78 is 53.5. The van der Waals surface area contributed by atoms with E-state index < -0.39 is 40.2 Å². The summed E-state index contributed by atoms with van der Waals surface area (Å²) >= 11 is 0. The largest absolute Gasteiger partial charge is 0.352 e. The van der Waals surface area contributed by atoms with Crippen LogP contribution in [0.1, 0.15) is 44.6 Å². The van der Waals surface area contributed by atoms with E-state index in [0.29, 0.717) is 9.87 Å². The SMILES string of the molecule is C[C@@H](C(=O)NC1CCCCC1)N(Cc1ccc(F)cc1)C(=O)CN(c1ccccc1F)S(C)(=O)=O. The van der Waals surface area contributed by atoms with Gasteiger partial charge in [-0.05, 0) is 49.6 Å². The molecule has 0 spiro atoms. The number of para-hydroxylation sites is 1. The van der Waals surface area contributed by atoms with Crippen LogP contribution in [0.4, 0.5) is 14.5 Å². The molecule has 0 unspecified atom stereocenters. The summed E-state index contributed by atoms with van der Waals surface area (Å²) in [6, 6.07) is 9.82. The summed E-state index contributed by atoms with van der Waals surface area (Å²) in [4.78, 5) is 27.7. The molecular formula is C25H31F2N3O4S. The molecular weight excluding hydrogens is 476 g/mol. The summed E-state index contributed by atoms with van der Waals surface area (Å²) in [5, 5.41) is 2.99. The molecule has 2 aromatic carbocycles. The number of anilines is 1. The lowest BCUT2D eigenvalue weighted by atomic mass is 9.95. The Bertz CT molecular complexity index is 1140. The average Bonchev–Trinajstić information content (AvgIpc) is 2.82. The van der Waals surface area contributed by atoms with Gasteiger partial charge in [0.25, 0.3) is 0 Å². The number of carbonyl (C=O) groups is 2. The van der Waals surface area contributed by atoms with E-state index in [1.165, 1.54) is 47.4 Å². The van der Waals surface area contributed by atoms with Crippen molar-refractivity contribution in [3.05, 3.63) is 65.7 Å². The van der Waals surface area contributed by atoms with Gasteiger partial charge in [-0.25, -0.2) is 17.2 Å². The minimum absolute atomic E-state index is 0.0207. The van der Waals surface area contributed by atoms with Crippen molar-refractivity contribution in [2.75, 3.05) is 17.1 Å². The number of rotatable bonds is 9. The second-order valence-electron chi connectivity index (χ2n) is 8.89. The van der Waals surface area contributed by atoms with Crippen molar-refractivity contribution < 1.29 is 26.8 Å². The Morgan fingerprint density at radius 3 is 2.26 bits per heavy atom. The van der Waals surface area contributed by atoms with Crippen molar-refractivity contribution in [1.82, 2.24) is 10.2 Å². The number of hydrogen-bond donors (Lipinski definition) is 1. The Balaban J connectivity index is 1.87. The fraction of sp³-hybridized carbons (Fsp3) is 0.440. The molecule has 0 radical (unpaired) electrons. The molecule has 10 heteroatoms. The van der Waals surface area contributed by atoms with Crippen molar-refractivity contribution in [1.29, 1.82) is 0 Å². The Morgan fingerprint density at radius 2 is 1.66 bits per heavy atom. The molecule has 0 heterocycles. The van der Waals surface area contributed by atoms with Crippen LogP contribution in [0, 0.1) is 11.6 Å². The summed E-state index contributed by atoms with van der Waals surface area (Å²) in [6.07, 6.45) is 5.76. The zero-order chi connectivity index (χ0) is 25.6. The number of nitrogens with zero attached hydrogens (tertiary/aromatic N) is 2. The van der Waals surface area contributed by atoms with E-state index >= 15 is 0 Å². The van der Waals surface area contributed by atoms with Crippen LogP contribution in [0.25, 0.3) is 0 Å². The Labute approximate surface area is 205 Å². The number of amides is 2. The van der Waals surface area contributed by atoms with Gasteiger partial charge < -0.3 is 10.2 Å². The standard InChI is InChI=1S/C25H31F2N3O4S/c1-18(25(32)28-21-8-4-3-5-9-21)29(16-19-12-14-20(26)15-13-19)24(31)17-30(35(2,33)34)23-11-7-6-10-22(23)27/h6-7,10-15,18,21H,3-5,8-9,16-17H2,1-2H3,(H,28,32)/t18-/m0/s1. The van der Waals surface area contributed by atoms with Gasteiger partial charge >= 0.3 is 0 Å². The van der Waals surface area contributed by atoms with E-state index in [0.717, 1.165) is 44.4 Å². The maximum atomic E-state index is 14.4. The molecule has 0 aliphatic heterocycles. The summed E-state index contributed by atoms with van der Waals surface area (Å²) in [5.74, 6) is -2.28. The molecule has 3 rings (SSSR count). The van der Waals surface area contributed by atoms with Crippen molar-refractivity contribution in [2.45, 2.75) is 57.7 Å². The minimum Gasteiger partial charge on any atom is -0.352 e. The summed E-state index contributed by atoms with van der Waals surface area (Å²) in [6.45, 7) is 0.822. The molecule has 0 aromatic heterocycles. The number of benzene rings is 2. The highest BCUT2D eigenvalue weighted by molar-refractivity contribution is 7.92. The fourth-order valence-corrected chi connectivity index (χ4v) is 5.04. The average molecular weight is 508 g/mol. The first kappa shape index (κ1) is 26.6. The number of carbonyl (C=O) groups excluding carboxylic acids is 2. The molecule has 2 aromatic rings. The van der Waals surface area contributed by atoms with Gasteiger partial charge in [0.1, 0.15) is 24.2 Å². The van der Waals surface area contributed by atoms with Gasteiger partial charge in [0.15, 0.2) is 0 Å². The lowest BCUT2D eigenvalue weighted by Gasteiger charge is -2.33. The van der Waals surface area contributed by atoms with Crippen LogP contribution >= 0.6 is 0 Å². The zero-order valence-electron chi connectivity index (χ0n) is 19.9. The van der Waals surface area contributed by atoms with E-state index in [1.807, 2.05) is 0 Å². The Morgan fingerprint density at radius 1 is 1.03 bits per heavy atom. The smallest absolute Gasteiger partial charge is 0.244 e. The van der Waals surface area contributed by atoms with Crippen LogP contribution in [0.5, 0.6) is 0 Å². The molecule has 1 aliphatic carbocycles. The first-order valence-corrected chi connectivity index (χ1v) is 13.5. The van der Waals surface area contributed by atoms with Crippen LogP contribution in [-0.2, 0) is 26.2 Å². The third-order valence-electron chi connectivity index (χ3n) is 6.19. The highest BCUT2D eigenvalue weighted by atomic mass is 32.2. The minimum atomic E-state index is -4.02. The molecule has 1 atom stereocenters. The molecule has 2 amide bonds. The zero-order valence-corrected chi connectivity index (χ0v) is 20.7. The molecule has 1 fully saturated rings. The van der Waals surface area contributed by atoms with Gasteiger partial charge in [-0.1, -0.05) is 43.5 Å². The molecule has 0 bridgehead atoms. The van der Waals surface area contributed by atoms with E-state index in [2.05, 4.69) is 5.32 Å². The second-order valence-corrected chi connectivity index (χ2v) is 10.8. The number of nitrogens with one attached hydrogen (secondary N) is 1. The normalized spacial score (nSPS) is 15.3. The van der Waals surface area contributed by atoms with Crippen molar-refractivity contribution >= 4 is 27.5 Å². The van der Waals surface area contributed by atoms with Gasteiger partial charge in [0, 0.05) is 12.6 Å². The van der Waals surface area contributed by atoms with Crippen molar-refractivity contribution in [3.63, 3.8) is 0 Å². The monoisotopic (exact) mass is 507 g/mol. The van der Waals surface area contributed by atoms with Crippen LogP contribution in [0.15, 0.2) is 48.5 Å². The summed E-state index contributed by atoms with van der Waals surface area (Å²) in [7, 11) is -4.02. The number of hydrogen-bond acceptors (Lipinski definition) is 4. The van der Waals surface area contributed by atoms with Crippen molar-refractivity contribution in [3.8, 4) is 0 Å². The molecule has 1 aliphatic rings. The highest BCUT2D eigenvalue weighted by Crippen LogP contribution is 2.23. The first-order valence-electron chi connectivity index (χ1n) is 11.6. The lowest BCUT2D eigenvalue weighted by molar-refractivity contribution is -0.139. The maximum Gasteiger partial charge on any atom is 0.244 e. The molecule has 1 saturated carbocycles. The second kappa shape index (κ2) is 11.6. The van der Waals surface area contributed by atoms with Crippen LogP contribution in [-0.4, -0.2) is 50.0 Å². The van der Waals surface area contributed by atoms with Crippen LogP contribution in [0.3, 0.4) is 0 Å². The summed E-state index contributed by atoms with van der Waals surface area (Å²) in [5.41, 5.74) is 0.304. The van der Waals surface area contributed by atoms with Crippen LogP contribution in [0.2, 0.25) is 0 Å². The predicted molar refractivity (Wildman–Crippen MR) is 130 cm³/mol. The molecule has 35 heavy (non-hydrogen) atoms. The van der Waals surface area contributed by atoms with E-state index in [4.69, 9.17) is 0 Å². The Hall–Kier alpha value is -3.01.